The van der Waals surface area contributed by atoms with Crippen LogP contribution in [-0.4, -0.2) is 43.3 Å². The maximum Gasteiger partial charge on any atom is 0.243 e. The number of hydrogen-bond acceptors (Lipinski definition) is 3. The summed E-state index contributed by atoms with van der Waals surface area (Å²) in [4.78, 5) is 2.83. The Balaban J connectivity index is 1.41. The molecule has 4 rings (SSSR count). The Kier molecular flexibility index (Phi) is 4.65. The molecule has 0 radical (unpaired) electrons. The molecule has 0 aliphatic carbocycles. The molecule has 27 heavy (non-hydrogen) atoms. The van der Waals surface area contributed by atoms with Crippen molar-refractivity contribution in [1.82, 2.24) is 9.21 Å². The zero-order chi connectivity index (χ0) is 19.2. The molecular weight excluding hydrogens is 356 g/mol. The van der Waals surface area contributed by atoms with E-state index in [0.717, 1.165) is 25.1 Å². The van der Waals surface area contributed by atoms with Crippen LogP contribution in [0.1, 0.15) is 37.5 Å². The summed E-state index contributed by atoms with van der Waals surface area (Å²) in [6.45, 7) is 9.51. The van der Waals surface area contributed by atoms with E-state index >= 15 is 0 Å². The van der Waals surface area contributed by atoms with E-state index in [4.69, 9.17) is 0 Å². The first-order valence-electron chi connectivity index (χ1n) is 9.67. The highest BCUT2D eigenvalue weighted by atomic mass is 32.2. The number of benzene rings is 2. The fraction of sp³-hybridized carbons (Fsp3) is 0.455. The summed E-state index contributed by atoms with van der Waals surface area (Å²) >= 11 is 0. The second-order valence-electron chi connectivity index (χ2n) is 8.74. The predicted octanol–water partition coefficient (Wildman–Crippen LogP) is 3.42. The lowest BCUT2D eigenvalue weighted by atomic mass is 9.87. The van der Waals surface area contributed by atoms with E-state index in [0.29, 0.717) is 24.0 Å². The maximum absolute atomic E-state index is 12.9. The normalized spacial score (nSPS) is 19.5. The molecule has 0 bridgehead atoms. The SMILES string of the molecule is CC(C)(C)c1ccc(S(=O)(=O)N2CC(N3CCc4ccccc4C3)C2)cc1. The van der Waals surface area contributed by atoms with Crippen molar-refractivity contribution in [2.24, 2.45) is 0 Å². The molecule has 2 aromatic carbocycles. The molecule has 1 fully saturated rings. The molecule has 0 spiro atoms. The smallest absolute Gasteiger partial charge is 0.243 e. The average Bonchev–Trinajstić information content (AvgIpc) is 2.59. The van der Waals surface area contributed by atoms with Gasteiger partial charge in [-0.1, -0.05) is 57.2 Å². The molecule has 2 aliphatic heterocycles. The summed E-state index contributed by atoms with van der Waals surface area (Å²) < 4.78 is 27.4. The topological polar surface area (TPSA) is 40.6 Å². The highest BCUT2D eigenvalue weighted by Gasteiger charge is 2.40. The van der Waals surface area contributed by atoms with Crippen molar-refractivity contribution in [1.29, 1.82) is 0 Å². The van der Waals surface area contributed by atoms with Gasteiger partial charge in [-0.3, -0.25) is 4.90 Å². The maximum atomic E-state index is 12.9. The molecule has 5 heteroatoms. The fourth-order valence-corrected chi connectivity index (χ4v) is 5.46. The Hall–Kier alpha value is -1.69. The summed E-state index contributed by atoms with van der Waals surface area (Å²) in [7, 11) is -3.39. The van der Waals surface area contributed by atoms with Crippen LogP contribution in [0.2, 0.25) is 0 Å². The van der Waals surface area contributed by atoms with Crippen molar-refractivity contribution in [3.05, 3.63) is 65.2 Å². The highest BCUT2D eigenvalue weighted by Crippen LogP contribution is 2.29. The van der Waals surface area contributed by atoms with Crippen LogP contribution in [0, 0.1) is 0 Å². The van der Waals surface area contributed by atoms with Crippen molar-refractivity contribution >= 4 is 10.0 Å². The number of rotatable bonds is 3. The summed E-state index contributed by atoms with van der Waals surface area (Å²) in [5.74, 6) is 0. The molecule has 0 atom stereocenters. The van der Waals surface area contributed by atoms with Gasteiger partial charge in [0.1, 0.15) is 0 Å². The average molecular weight is 385 g/mol. The van der Waals surface area contributed by atoms with Gasteiger partial charge in [-0.15, -0.1) is 0 Å². The molecule has 0 aromatic heterocycles. The van der Waals surface area contributed by atoms with Gasteiger partial charge in [0.15, 0.2) is 0 Å². The minimum absolute atomic E-state index is 0.0225. The largest absolute Gasteiger partial charge is 0.293 e. The van der Waals surface area contributed by atoms with Crippen LogP contribution in [0.15, 0.2) is 53.4 Å². The Labute approximate surface area is 162 Å². The van der Waals surface area contributed by atoms with Gasteiger partial charge < -0.3 is 0 Å². The molecule has 2 heterocycles. The second kappa shape index (κ2) is 6.73. The molecule has 0 N–H and O–H groups in total. The van der Waals surface area contributed by atoms with E-state index in [9.17, 15) is 8.42 Å². The molecule has 0 saturated carbocycles. The number of hydrogen-bond donors (Lipinski definition) is 0. The monoisotopic (exact) mass is 384 g/mol. The van der Waals surface area contributed by atoms with Gasteiger partial charge in [0.2, 0.25) is 10.0 Å². The molecule has 1 saturated heterocycles. The quantitative estimate of drug-likeness (QED) is 0.814. The zero-order valence-corrected chi connectivity index (χ0v) is 17.2. The van der Waals surface area contributed by atoms with Gasteiger partial charge in [-0.2, -0.15) is 4.31 Å². The van der Waals surface area contributed by atoms with Crippen LogP contribution in [0.4, 0.5) is 0 Å². The molecule has 2 aromatic rings. The summed E-state index contributed by atoms with van der Waals surface area (Å²) in [6.07, 6.45) is 1.05. The zero-order valence-electron chi connectivity index (χ0n) is 16.4. The minimum Gasteiger partial charge on any atom is -0.293 e. The van der Waals surface area contributed by atoms with Crippen molar-refractivity contribution in [3.8, 4) is 0 Å². The lowest BCUT2D eigenvalue weighted by Gasteiger charge is -2.46. The van der Waals surface area contributed by atoms with Crippen molar-refractivity contribution in [3.63, 3.8) is 0 Å². The first-order chi connectivity index (χ1) is 12.7. The summed E-state index contributed by atoms with van der Waals surface area (Å²) in [5, 5.41) is 0. The highest BCUT2D eigenvalue weighted by molar-refractivity contribution is 7.89. The summed E-state index contributed by atoms with van der Waals surface area (Å²) in [6, 6.07) is 16.3. The number of nitrogens with zero attached hydrogens (tertiary/aromatic N) is 2. The van der Waals surface area contributed by atoms with E-state index in [1.165, 1.54) is 11.1 Å². The van der Waals surface area contributed by atoms with Gasteiger partial charge in [0.05, 0.1) is 4.90 Å². The van der Waals surface area contributed by atoms with Crippen molar-refractivity contribution in [2.45, 2.75) is 50.1 Å². The Bertz CT molecular complexity index is 924. The minimum atomic E-state index is -3.39. The molecule has 0 amide bonds. The van der Waals surface area contributed by atoms with E-state index < -0.39 is 10.0 Å². The van der Waals surface area contributed by atoms with E-state index in [-0.39, 0.29) is 5.41 Å². The van der Waals surface area contributed by atoms with Crippen LogP contribution in [0.3, 0.4) is 0 Å². The van der Waals surface area contributed by atoms with Crippen LogP contribution in [-0.2, 0) is 28.4 Å². The standard InChI is InChI=1S/C22H28N2O2S/c1-22(2,3)19-8-10-21(11-9-19)27(25,26)24-15-20(16-24)23-13-12-17-6-4-5-7-18(17)14-23/h4-11,20H,12-16H2,1-3H3. The van der Waals surface area contributed by atoms with Crippen molar-refractivity contribution in [2.75, 3.05) is 19.6 Å². The third kappa shape index (κ3) is 3.56. The molecule has 0 unspecified atom stereocenters. The lowest BCUT2D eigenvalue weighted by Crippen LogP contribution is -2.61. The number of sulfonamides is 1. The van der Waals surface area contributed by atoms with Gasteiger partial charge in [0.25, 0.3) is 0 Å². The molecular formula is C22H28N2O2S. The first-order valence-corrected chi connectivity index (χ1v) is 11.1. The molecule has 144 valence electrons. The van der Waals surface area contributed by atoms with E-state index in [1.54, 1.807) is 16.4 Å². The first kappa shape index (κ1) is 18.7. The van der Waals surface area contributed by atoms with E-state index in [1.807, 2.05) is 12.1 Å². The van der Waals surface area contributed by atoms with Crippen LogP contribution < -0.4 is 0 Å². The van der Waals surface area contributed by atoms with Crippen LogP contribution in [0.25, 0.3) is 0 Å². The van der Waals surface area contributed by atoms with Gasteiger partial charge in [-0.25, -0.2) is 8.42 Å². The van der Waals surface area contributed by atoms with Crippen LogP contribution >= 0.6 is 0 Å². The second-order valence-corrected chi connectivity index (χ2v) is 10.7. The van der Waals surface area contributed by atoms with Crippen LogP contribution in [0.5, 0.6) is 0 Å². The van der Waals surface area contributed by atoms with Gasteiger partial charge in [0, 0.05) is 32.2 Å². The van der Waals surface area contributed by atoms with E-state index in [2.05, 4.69) is 49.9 Å². The fourth-order valence-electron chi connectivity index (χ4n) is 3.95. The van der Waals surface area contributed by atoms with Crippen molar-refractivity contribution < 1.29 is 8.42 Å². The predicted molar refractivity (Wildman–Crippen MR) is 108 cm³/mol. The van der Waals surface area contributed by atoms with Gasteiger partial charge >= 0.3 is 0 Å². The number of fused-ring (bicyclic) bond motifs is 1. The molecule has 4 nitrogen and oxygen atoms in total. The Morgan fingerprint density at radius 1 is 0.926 bits per heavy atom. The Morgan fingerprint density at radius 3 is 2.19 bits per heavy atom. The summed E-state index contributed by atoms with van der Waals surface area (Å²) in [5.41, 5.74) is 3.98. The lowest BCUT2D eigenvalue weighted by molar-refractivity contribution is 0.0769. The van der Waals surface area contributed by atoms with Gasteiger partial charge in [-0.05, 0) is 40.7 Å². The Morgan fingerprint density at radius 2 is 1.56 bits per heavy atom. The molecule has 2 aliphatic rings. The third-order valence-electron chi connectivity index (χ3n) is 5.86. The third-order valence-corrected chi connectivity index (χ3v) is 7.71.